The molecule has 1 atom stereocenters. The molecule has 22 heavy (non-hydrogen) atoms. The molecule has 1 saturated heterocycles. The summed E-state index contributed by atoms with van der Waals surface area (Å²) >= 11 is 1.58. The molecule has 0 aliphatic carbocycles. The minimum Gasteiger partial charge on any atom is -0.461 e. The zero-order valence-electron chi connectivity index (χ0n) is 13.2. The van der Waals surface area contributed by atoms with Gasteiger partial charge in [-0.1, -0.05) is 6.92 Å². The smallest absolute Gasteiger partial charge is 0.356 e. The van der Waals surface area contributed by atoms with Crippen molar-refractivity contribution >= 4 is 27.5 Å². The van der Waals surface area contributed by atoms with Gasteiger partial charge < -0.3 is 4.74 Å². The maximum absolute atomic E-state index is 12.0. The fourth-order valence-electron chi connectivity index (χ4n) is 3.13. The molecule has 1 aliphatic heterocycles. The number of nitrogens with zero attached hydrogens (tertiary/aromatic N) is 2. The summed E-state index contributed by atoms with van der Waals surface area (Å²) in [5, 5.41) is 3.20. The normalized spacial score (nSPS) is 19.5. The van der Waals surface area contributed by atoms with E-state index in [9.17, 15) is 4.79 Å². The van der Waals surface area contributed by atoms with Crippen molar-refractivity contribution in [3.63, 3.8) is 0 Å². The number of fused-ring (bicyclic) bond motifs is 1. The number of thiophene rings is 1. The van der Waals surface area contributed by atoms with E-state index in [0.717, 1.165) is 35.8 Å². The highest BCUT2D eigenvalue weighted by Crippen LogP contribution is 2.26. The number of pyridine rings is 1. The van der Waals surface area contributed by atoms with E-state index in [0.29, 0.717) is 12.3 Å². The number of likely N-dealkylation sites (tertiary alicyclic amines) is 1. The molecular weight excluding hydrogens is 296 g/mol. The minimum absolute atomic E-state index is 0.328. The second-order valence-electron chi connectivity index (χ2n) is 6.01. The molecule has 0 N–H and O–H groups in total. The highest BCUT2D eigenvalue weighted by molar-refractivity contribution is 7.16. The quantitative estimate of drug-likeness (QED) is 0.806. The van der Waals surface area contributed by atoms with Crippen LogP contribution in [0.2, 0.25) is 0 Å². The van der Waals surface area contributed by atoms with E-state index in [1.165, 1.54) is 18.4 Å². The van der Waals surface area contributed by atoms with Gasteiger partial charge in [0.1, 0.15) is 10.5 Å². The van der Waals surface area contributed by atoms with E-state index in [4.69, 9.17) is 4.74 Å². The van der Waals surface area contributed by atoms with E-state index in [-0.39, 0.29) is 5.97 Å². The van der Waals surface area contributed by atoms with Crippen LogP contribution >= 0.6 is 11.3 Å². The van der Waals surface area contributed by atoms with E-state index in [1.807, 2.05) is 18.4 Å². The summed E-state index contributed by atoms with van der Waals surface area (Å²) in [7, 11) is 0. The number of hydrogen-bond donors (Lipinski definition) is 0. The molecule has 0 radical (unpaired) electrons. The van der Waals surface area contributed by atoms with Crippen molar-refractivity contribution in [3.05, 3.63) is 28.8 Å². The zero-order valence-corrected chi connectivity index (χ0v) is 14.0. The highest BCUT2D eigenvalue weighted by Gasteiger charge is 2.19. The molecule has 0 unspecified atom stereocenters. The molecule has 3 heterocycles. The van der Waals surface area contributed by atoms with Gasteiger partial charge in [0.15, 0.2) is 0 Å². The Morgan fingerprint density at radius 1 is 1.55 bits per heavy atom. The van der Waals surface area contributed by atoms with Crippen LogP contribution in [-0.2, 0) is 11.3 Å². The molecule has 0 saturated carbocycles. The minimum atomic E-state index is -0.328. The van der Waals surface area contributed by atoms with Gasteiger partial charge in [0.25, 0.3) is 0 Å². The van der Waals surface area contributed by atoms with Crippen molar-refractivity contribution in [2.24, 2.45) is 5.92 Å². The van der Waals surface area contributed by atoms with Crippen LogP contribution in [0.25, 0.3) is 10.2 Å². The lowest BCUT2D eigenvalue weighted by Gasteiger charge is -2.31. The first-order chi connectivity index (χ1) is 10.7. The van der Waals surface area contributed by atoms with Crippen molar-refractivity contribution in [2.75, 3.05) is 19.7 Å². The fraction of sp³-hybridized carbons (Fsp3) is 0.529. The average Bonchev–Trinajstić information content (AvgIpc) is 2.96. The number of piperidine rings is 1. The van der Waals surface area contributed by atoms with Crippen LogP contribution in [0.15, 0.2) is 17.5 Å². The summed E-state index contributed by atoms with van der Waals surface area (Å²) in [6.45, 7) is 7.64. The Kier molecular flexibility index (Phi) is 4.74. The molecule has 0 aromatic carbocycles. The molecule has 0 amide bonds. The predicted molar refractivity (Wildman–Crippen MR) is 89.3 cm³/mol. The summed E-state index contributed by atoms with van der Waals surface area (Å²) in [6, 6.07) is 4.01. The monoisotopic (exact) mass is 318 g/mol. The van der Waals surface area contributed by atoms with E-state index in [2.05, 4.69) is 22.9 Å². The number of carbonyl (C=O) groups is 1. The number of carbonyl (C=O) groups excluding carboxylic acids is 1. The molecular formula is C17H22N2O2S. The van der Waals surface area contributed by atoms with Gasteiger partial charge in [-0.25, -0.2) is 9.78 Å². The SMILES string of the molecule is CCOC(=O)c1cc(CN2CCC[C@H](C)C2)c2ccsc2n1. The number of rotatable bonds is 4. The molecule has 118 valence electrons. The van der Waals surface area contributed by atoms with Crippen molar-refractivity contribution in [1.82, 2.24) is 9.88 Å². The van der Waals surface area contributed by atoms with Gasteiger partial charge in [-0.3, -0.25) is 4.90 Å². The average molecular weight is 318 g/mol. The van der Waals surface area contributed by atoms with Crippen LogP contribution < -0.4 is 0 Å². The van der Waals surface area contributed by atoms with Crippen LogP contribution in [0.5, 0.6) is 0 Å². The first-order valence-corrected chi connectivity index (χ1v) is 8.82. The number of ether oxygens (including phenoxy) is 1. The van der Waals surface area contributed by atoms with Crippen molar-refractivity contribution in [2.45, 2.75) is 33.2 Å². The Hall–Kier alpha value is -1.46. The van der Waals surface area contributed by atoms with Crippen LogP contribution in [0, 0.1) is 5.92 Å². The third kappa shape index (κ3) is 3.31. The second-order valence-corrected chi connectivity index (χ2v) is 6.90. The molecule has 5 heteroatoms. The van der Waals surface area contributed by atoms with Crippen LogP contribution in [0.1, 0.15) is 42.7 Å². The Morgan fingerprint density at radius 3 is 3.18 bits per heavy atom. The number of aromatic nitrogens is 1. The van der Waals surface area contributed by atoms with Gasteiger partial charge in [0, 0.05) is 18.5 Å². The van der Waals surface area contributed by atoms with E-state index < -0.39 is 0 Å². The van der Waals surface area contributed by atoms with Crippen molar-refractivity contribution in [1.29, 1.82) is 0 Å². The molecule has 1 fully saturated rings. The largest absolute Gasteiger partial charge is 0.461 e. The zero-order chi connectivity index (χ0) is 15.5. The molecule has 1 aliphatic rings. The molecule has 3 rings (SSSR count). The lowest BCUT2D eigenvalue weighted by Crippen LogP contribution is -2.33. The van der Waals surface area contributed by atoms with Gasteiger partial charge in [0.05, 0.1) is 6.61 Å². The molecule has 2 aromatic rings. The summed E-state index contributed by atoms with van der Waals surface area (Å²) in [5.74, 6) is 0.421. The van der Waals surface area contributed by atoms with Gasteiger partial charge in [0.2, 0.25) is 0 Å². The predicted octanol–water partition coefficient (Wildman–Crippen LogP) is 3.70. The van der Waals surface area contributed by atoms with Crippen LogP contribution in [0.3, 0.4) is 0 Å². The van der Waals surface area contributed by atoms with Crippen LogP contribution in [-0.4, -0.2) is 35.5 Å². The van der Waals surface area contributed by atoms with E-state index in [1.54, 1.807) is 11.3 Å². The maximum Gasteiger partial charge on any atom is 0.356 e. The summed E-state index contributed by atoms with van der Waals surface area (Å²) in [5.41, 5.74) is 1.61. The first kappa shape index (κ1) is 15.4. The Balaban J connectivity index is 1.89. The standard InChI is InChI=1S/C17H22N2O2S/c1-3-21-17(20)15-9-13(14-6-8-22-16(14)18-15)11-19-7-4-5-12(2)10-19/h6,8-9,12H,3-5,7,10-11H2,1-2H3/t12-/m0/s1. The molecule has 0 bridgehead atoms. The van der Waals surface area contributed by atoms with Gasteiger partial charge in [-0.2, -0.15) is 0 Å². The van der Waals surface area contributed by atoms with Gasteiger partial charge in [-0.05, 0) is 55.3 Å². The third-order valence-electron chi connectivity index (χ3n) is 4.14. The maximum atomic E-state index is 12.0. The van der Waals surface area contributed by atoms with Crippen molar-refractivity contribution < 1.29 is 9.53 Å². The molecule has 2 aromatic heterocycles. The third-order valence-corrected chi connectivity index (χ3v) is 4.95. The lowest BCUT2D eigenvalue weighted by molar-refractivity contribution is 0.0519. The summed E-state index contributed by atoms with van der Waals surface area (Å²) in [6.07, 6.45) is 2.57. The van der Waals surface area contributed by atoms with Gasteiger partial charge >= 0.3 is 5.97 Å². The Bertz CT molecular complexity index is 668. The molecule has 4 nitrogen and oxygen atoms in total. The highest BCUT2D eigenvalue weighted by atomic mass is 32.1. The number of hydrogen-bond acceptors (Lipinski definition) is 5. The van der Waals surface area contributed by atoms with Gasteiger partial charge in [-0.15, -0.1) is 11.3 Å². The second kappa shape index (κ2) is 6.75. The Morgan fingerprint density at radius 2 is 2.41 bits per heavy atom. The number of esters is 1. The molecule has 0 spiro atoms. The van der Waals surface area contributed by atoms with Crippen molar-refractivity contribution in [3.8, 4) is 0 Å². The Labute approximate surface area is 135 Å². The topological polar surface area (TPSA) is 42.4 Å². The van der Waals surface area contributed by atoms with Crippen LogP contribution in [0.4, 0.5) is 0 Å². The summed E-state index contributed by atoms with van der Waals surface area (Å²) < 4.78 is 5.11. The fourth-order valence-corrected chi connectivity index (χ4v) is 3.94. The summed E-state index contributed by atoms with van der Waals surface area (Å²) in [4.78, 5) is 19.9. The van der Waals surface area contributed by atoms with E-state index >= 15 is 0 Å². The lowest BCUT2D eigenvalue weighted by atomic mass is 9.99. The first-order valence-electron chi connectivity index (χ1n) is 7.94.